The highest BCUT2D eigenvalue weighted by atomic mass is 79.9. The van der Waals surface area contributed by atoms with Crippen LogP contribution in [0.15, 0.2) is 34.9 Å². The number of benzene rings is 1. The molecule has 0 radical (unpaired) electrons. The molecule has 0 spiro atoms. The van der Waals surface area contributed by atoms with Crippen LogP contribution in [0.4, 0.5) is 0 Å². The molecule has 2 nitrogen and oxygen atoms in total. The Balaban J connectivity index is 1.72. The molecular weight excluding hydrogens is 300 g/mol. The van der Waals surface area contributed by atoms with Crippen molar-refractivity contribution in [2.24, 2.45) is 5.92 Å². The maximum Gasteiger partial charge on any atom is 0.0758 e. The van der Waals surface area contributed by atoms with Gasteiger partial charge in [0.2, 0.25) is 0 Å². The minimum atomic E-state index is 0.884. The summed E-state index contributed by atoms with van der Waals surface area (Å²) in [5.41, 5.74) is 2.40. The van der Waals surface area contributed by atoms with Crippen LogP contribution in [0.25, 0.3) is 10.9 Å². The number of nitrogens with one attached hydrogen (secondary N) is 1. The molecule has 1 heterocycles. The van der Waals surface area contributed by atoms with Crippen LogP contribution in [-0.4, -0.2) is 11.5 Å². The van der Waals surface area contributed by atoms with Gasteiger partial charge in [-0.2, -0.15) is 0 Å². The number of hydrogen-bond donors (Lipinski definition) is 1. The summed E-state index contributed by atoms with van der Waals surface area (Å²) in [4.78, 5) is 4.52. The number of halogens is 1. The lowest BCUT2D eigenvalue weighted by Crippen LogP contribution is -2.20. The smallest absolute Gasteiger partial charge is 0.0758 e. The van der Waals surface area contributed by atoms with Crippen molar-refractivity contribution >= 4 is 26.8 Å². The predicted molar refractivity (Wildman–Crippen MR) is 83.1 cm³/mol. The quantitative estimate of drug-likeness (QED) is 0.910. The van der Waals surface area contributed by atoms with E-state index in [2.05, 4.69) is 44.4 Å². The summed E-state index contributed by atoms with van der Waals surface area (Å²) < 4.78 is 1.12. The molecule has 1 aromatic carbocycles. The van der Waals surface area contributed by atoms with Gasteiger partial charge in [-0.3, -0.25) is 4.98 Å². The summed E-state index contributed by atoms with van der Waals surface area (Å²) >= 11 is 3.59. The zero-order valence-electron chi connectivity index (χ0n) is 11.0. The van der Waals surface area contributed by atoms with Gasteiger partial charge < -0.3 is 5.32 Å². The van der Waals surface area contributed by atoms with Gasteiger partial charge in [-0.05, 0) is 43.0 Å². The highest BCUT2D eigenvalue weighted by molar-refractivity contribution is 9.10. The van der Waals surface area contributed by atoms with Crippen molar-refractivity contribution in [3.8, 4) is 0 Å². The second kappa shape index (κ2) is 6.02. The molecule has 100 valence electrons. The van der Waals surface area contributed by atoms with Crippen LogP contribution in [0.5, 0.6) is 0 Å². The molecule has 0 unspecified atom stereocenters. The van der Waals surface area contributed by atoms with Crippen molar-refractivity contribution < 1.29 is 0 Å². The minimum absolute atomic E-state index is 0.884. The second-order valence-corrected chi connectivity index (χ2v) is 6.24. The molecular formula is C16H19BrN2. The molecule has 0 atom stereocenters. The summed E-state index contributed by atoms with van der Waals surface area (Å²) in [5, 5.41) is 4.80. The van der Waals surface area contributed by atoms with Crippen molar-refractivity contribution in [3.63, 3.8) is 0 Å². The van der Waals surface area contributed by atoms with E-state index in [4.69, 9.17) is 0 Å². The summed E-state index contributed by atoms with van der Waals surface area (Å²) in [6.45, 7) is 2.06. The monoisotopic (exact) mass is 318 g/mol. The molecule has 1 aromatic heterocycles. The highest BCUT2D eigenvalue weighted by Gasteiger charge is 2.14. The fraction of sp³-hybridized carbons (Fsp3) is 0.438. The Bertz CT molecular complexity index is 562. The number of aromatic nitrogens is 1. The van der Waals surface area contributed by atoms with Gasteiger partial charge >= 0.3 is 0 Å². The predicted octanol–water partition coefficient (Wildman–Crippen LogP) is 4.28. The Morgan fingerprint density at radius 2 is 2.05 bits per heavy atom. The number of fused-ring (bicyclic) bond motifs is 1. The van der Waals surface area contributed by atoms with Gasteiger partial charge in [0.15, 0.2) is 0 Å². The van der Waals surface area contributed by atoms with E-state index in [1.54, 1.807) is 0 Å². The maximum atomic E-state index is 4.52. The normalized spacial score (nSPS) is 16.3. The summed E-state index contributed by atoms with van der Waals surface area (Å²) in [7, 11) is 0. The van der Waals surface area contributed by atoms with Crippen molar-refractivity contribution in [1.82, 2.24) is 10.3 Å². The molecule has 2 aromatic rings. The lowest BCUT2D eigenvalue weighted by Gasteiger charge is -2.12. The Hall–Kier alpha value is -0.930. The maximum absolute atomic E-state index is 4.52. The standard InChI is InChI=1S/C16H19BrN2/c17-15-8-7-13(16-14(15)6-3-9-19-16)11-18-10-12-4-1-2-5-12/h3,6-9,12,18H,1-2,4-5,10-11H2. The number of nitrogens with zero attached hydrogens (tertiary/aromatic N) is 1. The Kier molecular flexibility index (Phi) is 4.14. The lowest BCUT2D eigenvalue weighted by atomic mass is 10.1. The number of hydrogen-bond acceptors (Lipinski definition) is 2. The summed E-state index contributed by atoms with van der Waals surface area (Å²) in [5.74, 6) is 0.884. The first-order valence-electron chi connectivity index (χ1n) is 7.07. The molecule has 1 fully saturated rings. The first-order valence-corrected chi connectivity index (χ1v) is 7.87. The van der Waals surface area contributed by atoms with Crippen molar-refractivity contribution in [1.29, 1.82) is 0 Å². The van der Waals surface area contributed by atoms with Crippen LogP contribution in [0.1, 0.15) is 31.2 Å². The SMILES string of the molecule is Brc1ccc(CNCC2CCCC2)c2ncccc12. The summed E-state index contributed by atoms with van der Waals surface area (Å²) in [6, 6.07) is 8.40. The van der Waals surface area contributed by atoms with Crippen molar-refractivity contribution in [2.45, 2.75) is 32.2 Å². The van der Waals surface area contributed by atoms with Gasteiger partial charge in [-0.1, -0.05) is 40.9 Å². The van der Waals surface area contributed by atoms with Gasteiger partial charge in [0.05, 0.1) is 5.52 Å². The van der Waals surface area contributed by atoms with Crippen LogP contribution in [0.2, 0.25) is 0 Å². The highest BCUT2D eigenvalue weighted by Crippen LogP contribution is 2.26. The zero-order chi connectivity index (χ0) is 13.1. The Labute approximate surface area is 122 Å². The van der Waals surface area contributed by atoms with Crippen molar-refractivity contribution in [2.75, 3.05) is 6.54 Å². The average Bonchev–Trinajstić information content (AvgIpc) is 2.95. The molecule has 0 saturated heterocycles. The van der Waals surface area contributed by atoms with Gasteiger partial charge in [0.1, 0.15) is 0 Å². The van der Waals surface area contributed by atoms with E-state index in [9.17, 15) is 0 Å². The van der Waals surface area contributed by atoms with Crippen LogP contribution in [0.3, 0.4) is 0 Å². The van der Waals surface area contributed by atoms with E-state index in [1.807, 2.05) is 12.3 Å². The second-order valence-electron chi connectivity index (χ2n) is 5.39. The minimum Gasteiger partial charge on any atom is -0.312 e. The molecule has 1 N–H and O–H groups in total. The van der Waals surface area contributed by atoms with Crippen LogP contribution < -0.4 is 5.32 Å². The van der Waals surface area contributed by atoms with E-state index in [0.717, 1.165) is 29.0 Å². The first-order chi connectivity index (χ1) is 9.34. The van der Waals surface area contributed by atoms with E-state index in [0.29, 0.717) is 0 Å². The van der Waals surface area contributed by atoms with Gasteiger partial charge in [0, 0.05) is 22.6 Å². The van der Waals surface area contributed by atoms with Gasteiger partial charge in [0.25, 0.3) is 0 Å². The fourth-order valence-electron chi connectivity index (χ4n) is 2.96. The Morgan fingerprint density at radius 3 is 2.89 bits per heavy atom. The topological polar surface area (TPSA) is 24.9 Å². The van der Waals surface area contributed by atoms with E-state index >= 15 is 0 Å². The third kappa shape index (κ3) is 2.98. The molecule has 19 heavy (non-hydrogen) atoms. The third-order valence-corrected chi connectivity index (χ3v) is 4.71. The largest absolute Gasteiger partial charge is 0.312 e. The number of rotatable bonds is 4. The van der Waals surface area contributed by atoms with Crippen LogP contribution >= 0.6 is 15.9 Å². The molecule has 1 aliphatic rings. The van der Waals surface area contributed by atoms with Gasteiger partial charge in [-0.15, -0.1) is 0 Å². The molecule has 1 aliphatic carbocycles. The van der Waals surface area contributed by atoms with Gasteiger partial charge in [-0.25, -0.2) is 0 Å². The molecule has 3 rings (SSSR count). The Morgan fingerprint density at radius 1 is 1.21 bits per heavy atom. The zero-order valence-corrected chi connectivity index (χ0v) is 12.6. The third-order valence-electron chi connectivity index (χ3n) is 4.02. The molecule has 3 heteroatoms. The van der Waals surface area contributed by atoms with E-state index in [-0.39, 0.29) is 0 Å². The first kappa shape index (κ1) is 13.1. The number of pyridine rings is 1. The molecule has 1 saturated carbocycles. The summed E-state index contributed by atoms with van der Waals surface area (Å²) in [6.07, 6.45) is 7.48. The van der Waals surface area contributed by atoms with Crippen LogP contribution in [0, 0.1) is 5.92 Å². The van der Waals surface area contributed by atoms with E-state index < -0.39 is 0 Å². The lowest BCUT2D eigenvalue weighted by molar-refractivity contribution is 0.490. The van der Waals surface area contributed by atoms with Crippen LogP contribution in [-0.2, 0) is 6.54 Å². The molecule has 0 bridgehead atoms. The fourth-order valence-corrected chi connectivity index (χ4v) is 3.42. The van der Waals surface area contributed by atoms with Crippen molar-refractivity contribution in [3.05, 3.63) is 40.5 Å². The molecule has 0 aliphatic heterocycles. The average molecular weight is 319 g/mol. The van der Waals surface area contributed by atoms with E-state index in [1.165, 1.54) is 36.6 Å². The molecule has 0 amide bonds.